The van der Waals surface area contributed by atoms with Gasteiger partial charge >= 0.3 is 6.09 Å². The Hall–Kier alpha value is -4.58. The molecule has 13 nitrogen and oxygen atoms in total. The molecule has 0 bridgehead atoms. The van der Waals surface area contributed by atoms with Crippen LogP contribution >= 0.6 is 0 Å². The lowest BCUT2D eigenvalue weighted by Crippen LogP contribution is -2.48. The summed E-state index contributed by atoms with van der Waals surface area (Å²) in [6.07, 6.45) is 1.86. The fraction of sp³-hybridized carbons (Fsp3) is 0.364. The number of carbonyl (C=O) groups is 2. The predicted molar refractivity (Wildman–Crippen MR) is 121 cm³/mol. The second-order valence-electron chi connectivity index (χ2n) is 8.32. The van der Waals surface area contributed by atoms with E-state index >= 15 is 0 Å². The van der Waals surface area contributed by atoms with E-state index in [4.69, 9.17) is 14.7 Å². The summed E-state index contributed by atoms with van der Waals surface area (Å²) in [5.74, 6) is -2.25. The quantitative estimate of drug-likeness (QED) is 0.448. The number of nitriles is 1. The van der Waals surface area contributed by atoms with Crippen LogP contribution in [0.1, 0.15) is 31.4 Å². The van der Waals surface area contributed by atoms with E-state index in [1.807, 2.05) is 0 Å². The maximum Gasteiger partial charge on any atom is 0.413 e. The highest BCUT2D eigenvalue weighted by Crippen LogP contribution is 2.40. The maximum atomic E-state index is 13.9. The highest BCUT2D eigenvalue weighted by molar-refractivity contribution is 5.93. The molecule has 0 saturated heterocycles. The van der Waals surface area contributed by atoms with Crippen LogP contribution in [0.15, 0.2) is 24.7 Å². The molecule has 4 rings (SSSR count). The molecule has 3 heterocycles. The van der Waals surface area contributed by atoms with Crippen LogP contribution in [-0.2, 0) is 21.3 Å². The third-order valence-electron chi connectivity index (χ3n) is 5.85. The molecule has 2 amide bonds. The molecule has 0 spiro atoms. The van der Waals surface area contributed by atoms with Crippen molar-refractivity contribution in [1.82, 2.24) is 29.9 Å². The van der Waals surface area contributed by atoms with Gasteiger partial charge in [-0.1, -0.05) is 5.21 Å². The molecule has 0 radical (unpaired) electrons. The van der Waals surface area contributed by atoms with E-state index in [0.717, 1.165) is 6.07 Å². The highest BCUT2D eigenvalue weighted by Gasteiger charge is 2.48. The molecule has 0 aromatic carbocycles. The van der Waals surface area contributed by atoms with Crippen LogP contribution in [-0.4, -0.2) is 54.7 Å². The van der Waals surface area contributed by atoms with E-state index in [1.54, 1.807) is 0 Å². The summed E-state index contributed by atoms with van der Waals surface area (Å²) in [5.41, 5.74) is -0.750. The first-order chi connectivity index (χ1) is 17.6. The molecule has 0 unspecified atom stereocenters. The van der Waals surface area contributed by atoms with Gasteiger partial charge in [-0.2, -0.15) is 9.65 Å². The second kappa shape index (κ2) is 10.2. The first-order valence-electron chi connectivity index (χ1n) is 10.9. The van der Waals surface area contributed by atoms with E-state index in [-0.39, 0.29) is 47.6 Å². The zero-order chi connectivity index (χ0) is 26.7. The number of anilines is 2. The fourth-order valence-corrected chi connectivity index (χ4v) is 3.71. The number of methoxy groups -OCH3 is 1. The number of amides is 2. The minimum atomic E-state index is -1.15. The van der Waals surface area contributed by atoms with Gasteiger partial charge in [0.25, 0.3) is 0 Å². The summed E-state index contributed by atoms with van der Waals surface area (Å²) in [4.78, 5) is 36.4. The van der Waals surface area contributed by atoms with Crippen molar-refractivity contribution >= 4 is 23.5 Å². The number of aryl methyl sites for hydroxylation is 1. The van der Waals surface area contributed by atoms with Crippen molar-refractivity contribution in [3.8, 4) is 17.6 Å². The number of nitrogens with zero attached hydrogens (tertiary/aromatic N) is 7. The molecule has 3 aromatic rings. The number of halogens is 2. The van der Waals surface area contributed by atoms with Crippen LogP contribution in [0.4, 0.5) is 25.1 Å². The Kier molecular flexibility index (Phi) is 7.02. The summed E-state index contributed by atoms with van der Waals surface area (Å²) in [5, 5.41) is 22.1. The normalized spacial score (nSPS) is 19.3. The van der Waals surface area contributed by atoms with Gasteiger partial charge < -0.3 is 14.8 Å². The maximum absolute atomic E-state index is 13.9. The highest BCUT2D eigenvalue weighted by atomic mass is 19.1. The lowest BCUT2D eigenvalue weighted by Gasteiger charge is -2.40. The molecule has 192 valence electrons. The molecular weight excluding hydrogens is 492 g/mol. The molecule has 1 fully saturated rings. The Bertz CT molecular complexity index is 1370. The van der Waals surface area contributed by atoms with Gasteiger partial charge in [-0.3, -0.25) is 10.1 Å². The summed E-state index contributed by atoms with van der Waals surface area (Å²) in [7, 11) is 2.93. The summed E-state index contributed by atoms with van der Waals surface area (Å²) in [6.45, 7) is 1.36. The fourth-order valence-electron chi connectivity index (χ4n) is 3.71. The number of ether oxygens (including phenoxy) is 2. The molecule has 1 saturated carbocycles. The van der Waals surface area contributed by atoms with Crippen LogP contribution in [0.3, 0.4) is 0 Å². The number of hydrogen-bond acceptors (Lipinski definition) is 10. The van der Waals surface area contributed by atoms with E-state index in [1.165, 1.54) is 38.2 Å². The van der Waals surface area contributed by atoms with E-state index in [2.05, 4.69) is 42.0 Å². The molecule has 1 aliphatic carbocycles. The van der Waals surface area contributed by atoms with Gasteiger partial charge in [0.05, 0.1) is 35.9 Å². The van der Waals surface area contributed by atoms with Crippen LogP contribution in [0.2, 0.25) is 0 Å². The average Bonchev–Trinajstić information content (AvgIpc) is 3.20. The van der Waals surface area contributed by atoms with Crippen LogP contribution in [0, 0.1) is 29.0 Å². The van der Waals surface area contributed by atoms with E-state index in [0.29, 0.717) is 11.9 Å². The zero-order valence-corrected chi connectivity index (χ0v) is 19.9. The SMILES string of the molecule is COC1(C#N)CC(C(=O)Nc2cnc(-c3nnn(C)c3NC(=O)O[C@H](C)c3cc(F)cnc3F)nc2)C1. The van der Waals surface area contributed by atoms with Crippen molar-refractivity contribution in [3.63, 3.8) is 0 Å². The average molecular weight is 513 g/mol. The summed E-state index contributed by atoms with van der Waals surface area (Å²) in [6, 6.07) is 2.95. The smallest absolute Gasteiger partial charge is 0.413 e. The Balaban J connectivity index is 1.40. The van der Waals surface area contributed by atoms with Crippen molar-refractivity contribution in [2.75, 3.05) is 17.7 Å². The summed E-state index contributed by atoms with van der Waals surface area (Å²) < 4.78 is 38.8. The van der Waals surface area contributed by atoms with E-state index in [9.17, 15) is 18.4 Å². The van der Waals surface area contributed by atoms with Crippen molar-refractivity contribution < 1.29 is 27.8 Å². The Labute approximate surface area is 208 Å². The van der Waals surface area contributed by atoms with Crippen molar-refractivity contribution in [1.29, 1.82) is 5.26 Å². The lowest BCUT2D eigenvalue weighted by atomic mass is 9.71. The van der Waals surface area contributed by atoms with Gasteiger partial charge in [-0.15, -0.1) is 5.10 Å². The molecule has 1 atom stereocenters. The molecular formula is C22H21F2N9O4. The zero-order valence-electron chi connectivity index (χ0n) is 19.9. The van der Waals surface area contributed by atoms with Gasteiger partial charge in [-0.05, 0) is 13.0 Å². The number of rotatable bonds is 7. The summed E-state index contributed by atoms with van der Waals surface area (Å²) >= 11 is 0. The minimum Gasteiger partial charge on any atom is -0.441 e. The van der Waals surface area contributed by atoms with Gasteiger partial charge in [0.1, 0.15) is 11.9 Å². The monoisotopic (exact) mass is 513 g/mol. The van der Waals surface area contributed by atoms with Crippen LogP contribution < -0.4 is 10.6 Å². The third kappa shape index (κ3) is 5.33. The minimum absolute atomic E-state index is 0.0775. The molecule has 15 heteroatoms. The van der Waals surface area contributed by atoms with Crippen LogP contribution in [0.5, 0.6) is 0 Å². The molecule has 1 aliphatic rings. The number of hydrogen-bond donors (Lipinski definition) is 2. The van der Waals surface area contributed by atoms with Gasteiger partial charge in [-0.25, -0.2) is 28.8 Å². The van der Waals surface area contributed by atoms with E-state index < -0.39 is 29.6 Å². The number of pyridine rings is 1. The number of aromatic nitrogens is 6. The Morgan fingerprint density at radius 2 is 1.92 bits per heavy atom. The molecule has 37 heavy (non-hydrogen) atoms. The second-order valence-corrected chi connectivity index (χ2v) is 8.32. The standard InChI is InChI=1S/C22H21F2N9O4/c1-11(15-4-13(23)7-26-17(15)24)37-21(35)30-19-16(31-32-33(19)2)18-27-8-14(9-28-18)29-20(34)12-5-22(6-12,10-25)36-3/h4,7-9,11-12H,5-6H2,1-3H3,(H,29,34)(H,30,35)/t11-,12?,22?/m1/s1. The van der Waals surface area contributed by atoms with Gasteiger partial charge in [0, 0.05) is 32.9 Å². The lowest BCUT2D eigenvalue weighted by molar-refractivity contribution is -0.132. The third-order valence-corrected chi connectivity index (χ3v) is 5.85. The largest absolute Gasteiger partial charge is 0.441 e. The van der Waals surface area contributed by atoms with Gasteiger partial charge in [0.15, 0.2) is 22.9 Å². The van der Waals surface area contributed by atoms with Crippen molar-refractivity contribution in [3.05, 3.63) is 42.0 Å². The van der Waals surface area contributed by atoms with Gasteiger partial charge in [0.2, 0.25) is 11.9 Å². The molecule has 2 N–H and O–H groups in total. The molecule has 0 aliphatic heterocycles. The topological polar surface area (TPSA) is 170 Å². The Morgan fingerprint density at radius 1 is 1.22 bits per heavy atom. The first kappa shape index (κ1) is 25.5. The molecule has 3 aromatic heterocycles. The Morgan fingerprint density at radius 3 is 2.57 bits per heavy atom. The predicted octanol–water partition coefficient (Wildman–Crippen LogP) is 2.51. The van der Waals surface area contributed by atoms with Crippen molar-refractivity contribution in [2.24, 2.45) is 13.0 Å². The number of nitrogens with one attached hydrogen (secondary N) is 2. The van der Waals surface area contributed by atoms with Crippen LogP contribution in [0.25, 0.3) is 11.5 Å². The van der Waals surface area contributed by atoms with Crippen molar-refractivity contribution in [2.45, 2.75) is 31.5 Å². The first-order valence-corrected chi connectivity index (χ1v) is 10.9. The number of carbonyl (C=O) groups excluding carboxylic acids is 2.